The lowest BCUT2D eigenvalue weighted by atomic mass is 9.98. The highest BCUT2D eigenvalue weighted by Crippen LogP contribution is 2.36. The summed E-state index contributed by atoms with van der Waals surface area (Å²) >= 11 is 0. The largest absolute Gasteiger partial charge is 0.497 e. The molecule has 1 aliphatic heterocycles. The van der Waals surface area contributed by atoms with Gasteiger partial charge in [0.25, 0.3) is 5.91 Å². The van der Waals surface area contributed by atoms with Crippen molar-refractivity contribution in [2.45, 2.75) is 26.4 Å². The van der Waals surface area contributed by atoms with Gasteiger partial charge < -0.3 is 14.4 Å². The van der Waals surface area contributed by atoms with E-state index in [1.54, 1.807) is 7.11 Å². The first-order valence-corrected chi connectivity index (χ1v) is 8.82. The predicted molar refractivity (Wildman–Crippen MR) is 97.9 cm³/mol. The maximum absolute atomic E-state index is 12.5. The number of hydrogen-bond acceptors (Lipinski definition) is 3. The fourth-order valence-corrected chi connectivity index (χ4v) is 3.41. The zero-order valence-corrected chi connectivity index (χ0v) is 14.7. The molecule has 25 heavy (non-hydrogen) atoms. The van der Waals surface area contributed by atoms with E-state index in [1.165, 1.54) is 12.8 Å². The van der Waals surface area contributed by atoms with Crippen LogP contribution < -0.4 is 9.64 Å². The fourth-order valence-electron chi connectivity index (χ4n) is 3.41. The van der Waals surface area contributed by atoms with E-state index < -0.39 is 0 Å². The van der Waals surface area contributed by atoms with E-state index in [-0.39, 0.29) is 12.5 Å². The predicted octanol–water partition coefficient (Wildman–Crippen LogP) is 3.94. The number of fused-ring (bicyclic) bond motifs is 1. The molecule has 2 aliphatic rings. The van der Waals surface area contributed by atoms with Gasteiger partial charge in [0.1, 0.15) is 12.4 Å². The summed E-state index contributed by atoms with van der Waals surface area (Å²) in [6.07, 6.45) is 2.44. The van der Waals surface area contributed by atoms with Crippen LogP contribution in [0.2, 0.25) is 0 Å². The van der Waals surface area contributed by atoms with E-state index in [0.717, 1.165) is 40.2 Å². The highest BCUT2D eigenvalue weighted by molar-refractivity contribution is 5.96. The van der Waals surface area contributed by atoms with Crippen LogP contribution in [-0.2, 0) is 16.1 Å². The summed E-state index contributed by atoms with van der Waals surface area (Å²) in [6.45, 7) is 3.54. The Bertz CT molecular complexity index is 811. The molecule has 0 aromatic heterocycles. The number of nitrogens with zero attached hydrogens (tertiary/aromatic N) is 1. The van der Waals surface area contributed by atoms with Crippen molar-refractivity contribution >= 4 is 11.6 Å². The average Bonchev–Trinajstić information content (AvgIpc) is 3.44. The first-order chi connectivity index (χ1) is 12.2. The van der Waals surface area contributed by atoms with E-state index >= 15 is 0 Å². The SMILES string of the molecule is COc1ccc(-c2ccc3c(c2)N(CC2CC2)C(=O)COC3)c(C)c1. The standard InChI is InChI=1S/C21H23NO3/c1-14-9-18(24-2)7-8-19(14)16-5-6-17-12-25-13-21(23)22(20(17)10-16)11-15-3-4-15/h5-10,15H,3-4,11-13H2,1-2H3. The van der Waals surface area contributed by atoms with Crippen molar-refractivity contribution in [2.75, 3.05) is 25.2 Å². The molecule has 1 heterocycles. The fraction of sp³-hybridized carbons (Fsp3) is 0.381. The van der Waals surface area contributed by atoms with Crippen molar-refractivity contribution in [3.8, 4) is 16.9 Å². The third-order valence-corrected chi connectivity index (χ3v) is 5.04. The summed E-state index contributed by atoms with van der Waals surface area (Å²) in [4.78, 5) is 14.5. The lowest BCUT2D eigenvalue weighted by molar-refractivity contribution is -0.123. The number of aryl methyl sites for hydroxylation is 1. The highest BCUT2D eigenvalue weighted by Gasteiger charge is 2.30. The van der Waals surface area contributed by atoms with Gasteiger partial charge in [0.05, 0.1) is 13.7 Å². The number of rotatable bonds is 4. The Balaban J connectivity index is 1.75. The van der Waals surface area contributed by atoms with E-state index in [4.69, 9.17) is 9.47 Å². The minimum Gasteiger partial charge on any atom is -0.497 e. The smallest absolute Gasteiger partial charge is 0.253 e. The number of carbonyl (C=O) groups is 1. The topological polar surface area (TPSA) is 38.8 Å². The summed E-state index contributed by atoms with van der Waals surface area (Å²) < 4.78 is 10.9. The molecule has 2 aromatic carbocycles. The van der Waals surface area contributed by atoms with Crippen molar-refractivity contribution < 1.29 is 14.3 Å². The van der Waals surface area contributed by atoms with Crippen molar-refractivity contribution in [3.05, 3.63) is 47.5 Å². The number of methoxy groups -OCH3 is 1. The molecule has 4 heteroatoms. The minimum absolute atomic E-state index is 0.0641. The molecule has 0 unspecified atom stereocenters. The summed E-state index contributed by atoms with van der Waals surface area (Å²) in [5.41, 5.74) is 5.52. The summed E-state index contributed by atoms with van der Waals surface area (Å²) in [5, 5.41) is 0. The number of benzene rings is 2. The molecule has 0 atom stereocenters. The summed E-state index contributed by atoms with van der Waals surface area (Å²) in [5.74, 6) is 1.56. The Kier molecular flexibility index (Phi) is 4.22. The van der Waals surface area contributed by atoms with Crippen molar-refractivity contribution in [1.29, 1.82) is 0 Å². The lowest BCUT2D eigenvalue weighted by Crippen LogP contribution is -2.34. The summed E-state index contributed by atoms with van der Waals surface area (Å²) in [7, 11) is 1.68. The van der Waals surface area contributed by atoms with Gasteiger partial charge in [-0.15, -0.1) is 0 Å². The lowest BCUT2D eigenvalue weighted by Gasteiger charge is -2.23. The van der Waals surface area contributed by atoms with Gasteiger partial charge in [-0.1, -0.05) is 18.2 Å². The van der Waals surface area contributed by atoms with Crippen LogP contribution in [0, 0.1) is 12.8 Å². The van der Waals surface area contributed by atoms with Crippen molar-refractivity contribution in [2.24, 2.45) is 5.92 Å². The Morgan fingerprint density at radius 3 is 2.72 bits per heavy atom. The molecule has 4 rings (SSSR count). The molecule has 1 aliphatic carbocycles. The summed E-state index contributed by atoms with van der Waals surface area (Å²) in [6, 6.07) is 12.4. The number of anilines is 1. The molecule has 0 saturated heterocycles. The quantitative estimate of drug-likeness (QED) is 0.848. The van der Waals surface area contributed by atoms with E-state index in [1.807, 2.05) is 17.0 Å². The molecule has 130 valence electrons. The average molecular weight is 337 g/mol. The maximum atomic E-state index is 12.5. The van der Waals surface area contributed by atoms with Crippen LogP contribution >= 0.6 is 0 Å². The number of carbonyl (C=O) groups excluding carboxylic acids is 1. The third-order valence-electron chi connectivity index (χ3n) is 5.04. The Hall–Kier alpha value is -2.33. The van der Waals surface area contributed by atoms with Gasteiger partial charge in [-0.3, -0.25) is 4.79 Å². The Morgan fingerprint density at radius 1 is 1.16 bits per heavy atom. The van der Waals surface area contributed by atoms with Gasteiger partial charge in [0.2, 0.25) is 0 Å². The van der Waals surface area contributed by atoms with Crippen LogP contribution in [0.5, 0.6) is 5.75 Å². The van der Waals surface area contributed by atoms with E-state index in [9.17, 15) is 4.79 Å². The van der Waals surface area contributed by atoms with Crippen LogP contribution in [0.15, 0.2) is 36.4 Å². The molecular weight excluding hydrogens is 314 g/mol. The van der Waals surface area contributed by atoms with E-state index in [2.05, 4.69) is 31.2 Å². The van der Waals surface area contributed by atoms with Gasteiger partial charge in [-0.2, -0.15) is 0 Å². The van der Waals surface area contributed by atoms with E-state index in [0.29, 0.717) is 12.5 Å². The van der Waals surface area contributed by atoms with Gasteiger partial charge >= 0.3 is 0 Å². The van der Waals surface area contributed by atoms with Gasteiger partial charge in [0.15, 0.2) is 0 Å². The molecule has 1 amide bonds. The monoisotopic (exact) mass is 337 g/mol. The zero-order chi connectivity index (χ0) is 17.4. The second kappa shape index (κ2) is 6.52. The van der Waals surface area contributed by atoms with Crippen molar-refractivity contribution in [3.63, 3.8) is 0 Å². The molecule has 1 fully saturated rings. The number of hydrogen-bond donors (Lipinski definition) is 0. The molecule has 0 N–H and O–H groups in total. The molecule has 0 bridgehead atoms. The molecular formula is C21H23NO3. The van der Waals surface area contributed by atoms with Crippen LogP contribution in [0.4, 0.5) is 5.69 Å². The second-order valence-corrected chi connectivity index (χ2v) is 6.96. The minimum atomic E-state index is 0.0641. The first-order valence-electron chi connectivity index (χ1n) is 8.82. The maximum Gasteiger partial charge on any atom is 0.253 e. The van der Waals surface area contributed by atoms with Gasteiger partial charge in [-0.05, 0) is 60.6 Å². The molecule has 0 spiro atoms. The third kappa shape index (κ3) is 3.27. The number of amides is 1. The van der Waals surface area contributed by atoms with Crippen LogP contribution in [0.3, 0.4) is 0 Å². The molecule has 0 radical (unpaired) electrons. The van der Waals surface area contributed by atoms with Gasteiger partial charge in [0, 0.05) is 17.8 Å². The Labute approximate surface area is 148 Å². The Morgan fingerprint density at radius 2 is 2.00 bits per heavy atom. The van der Waals surface area contributed by atoms with Crippen molar-refractivity contribution in [1.82, 2.24) is 0 Å². The number of ether oxygens (including phenoxy) is 2. The molecule has 1 saturated carbocycles. The van der Waals surface area contributed by atoms with Gasteiger partial charge in [-0.25, -0.2) is 0 Å². The van der Waals surface area contributed by atoms with Crippen LogP contribution in [-0.4, -0.2) is 26.2 Å². The molecule has 4 nitrogen and oxygen atoms in total. The van der Waals surface area contributed by atoms with Crippen LogP contribution in [0.25, 0.3) is 11.1 Å². The first kappa shape index (κ1) is 16.2. The normalized spacial score (nSPS) is 17.2. The second-order valence-electron chi connectivity index (χ2n) is 6.96. The highest BCUT2D eigenvalue weighted by atomic mass is 16.5. The van der Waals surface area contributed by atoms with Crippen LogP contribution in [0.1, 0.15) is 24.0 Å². The molecule has 2 aromatic rings. The zero-order valence-electron chi connectivity index (χ0n) is 14.7.